The summed E-state index contributed by atoms with van der Waals surface area (Å²) in [6.07, 6.45) is 2.37. The smallest absolute Gasteiger partial charge is 0.0578 e. The van der Waals surface area contributed by atoms with E-state index in [1.807, 2.05) is 6.92 Å². The first-order valence-corrected chi connectivity index (χ1v) is 5.09. The lowest BCUT2D eigenvalue weighted by atomic mass is 9.97. The molecule has 2 atom stereocenters. The molecule has 13 heavy (non-hydrogen) atoms. The molecular weight excluding hydrogens is 162 g/mol. The van der Waals surface area contributed by atoms with Crippen LogP contribution in [0.25, 0.3) is 0 Å². The average Bonchev–Trinajstić information content (AvgIpc) is 2.65. The number of hydrogen-bond donors (Lipinski definition) is 1. The van der Waals surface area contributed by atoms with E-state index >= 15 is 0 Å². The van der Waals surface area contributed by atoms with Gasteiger partial charge < -0.3 is 10.1 Å². The minimum absolute atomic E-state index is 0.586. The molecule has 0 spiro atoms. The molecule has 74 valence electrons. The number of hydrogen-bond acceptors (Lipinski definition) is 2. The van der Waals surface area contributed by atoms with Gasteiger partial charge in [-0.1, -0.05) is 12.8 Å². The highest BCUT2D eigenvalue weighted by atomic mass is 16.5. The predicted molar refractivity (Wildman–Crippen MR) is 54.5 cm³/mol. The second-order valence-corrected chi connectivity index (χ2v) is 3.45. The normalized spacial score (nSPS) is 23.7. The zero-order valence-corrected chi connectivity index (χ0v) is 8.60. The SMILES string of the molecule is CC#CCNC(CC)C1CCOC1. The summed E-state index contributed by atoms with van der Waals surface area (Å²) >= 11 is 0. The van der Waals surface area contributed by atoms with E-state index in [-0.39, 0.29) is 0 Å². The minimum Gasteiger partial charge on any atom is -0.381 e. The lowest BCUT2D eigenvalue weighted by molar-refractivity contribution is 0.176. The van der Waals surface area contributed by atoms with Crippen LogP contribution in [-0.4, -0.2) is 25.8 Å². The van der Waals surface area contributed by atoms with Gasteiger partial charge in [-0.25, -0.2) is 0 Å². The Balaban J connectivity index is 2.27. The van der Waals surface area contributed by atoms with Gasteiger partial charge in [0.1, 0.15) is 0 Å². The van der Waals surface area contributed by atoms with Crippen molar-refractivity contribution in [2.45, 2.75) is 32.7 Å². The standard InChI is InChI=1S/C11H19NO/c1-3-5-7-12-11(4-2)10-6-8-13-9-10/h10-12H,4,6-9H2,1-2H3. The first kappa shape index (κ1) is 10.6. The Labute approximate surface area is 81.0 Å². The highest BCUT2D eigenvalue weighted by Gasteiger charge is 2.23. The van der Waals surface area contributed by atoms with E-state index in [0.717, 1.165) is 19.8 Å². The summed E-state index contributed by atoms with van der Waals surface area (Å²) in [6.45, 7) is 6.76. The molecule has 1 heterocycles. The van der Waals surface area contributed by atoms with E-state index in [1.54, 1.807) is 0 Å². The van der Waals surface area contributed by atoms with Crippen molar-refractivity contribution in [3.8, 4) is 11.8 Å². The van der Waals surface area contributed by atoms with Gasteiger partial charge in [0, 0.05) is 12.6 Å². The van der Waals surface area contributed by atoms with Crippen molar-refractivity contribution in [1.29, 1.82) is 0 Å². The maximum Gasteiger partial charge on any atom is 0.0578 e. The fourth-order valence-corrected chi connectivity index (χ4v) is 1.78. The molecule has 0 aliphatic carbocycles. The van der Waals surface area contributed by atoms with Gasteiger partial charge in [0.2, 0.25) is 0 Å². The Morgan fingerprint density at radius 2 is 2.46 bits per heavy atom. The van der Waals surface area contributed by atoms with Crippen molar-refractivity contribution in [2.24, 2.45) is 5.92 Å². The third-order valence-electron chi connectivity index (χ3n) is 2.60. The lowest BCUT2D eigenvalue weighted by Gasteiger charge is -2.20. The summed E-state index contributed by atoms with van der Waals surface area (Å²) in [7, 11) is 0. The Hall–Kier alpha value is -0.520. The average molecular weight is 181 g/mol. The van der Waals surface area contributed by atoms with E-state index in [1.165, 1.54) is 12.8 Å². The molecule has 0 bridgehead atoms. The van der Waals surface area contributed by atoms with Gasteiger partial charge in [0.25, 0.3) is 0 Å². The number of ether oxygens (including phenoxy) is 1. The van der Waals surface area contributed by atoms with E-state index in [4.69, 9.17) is 4.74 Å². The maximum absolute atomic E-state index is 5.37. The van der Waals surface area contributed by atoms with Gasteiger partial charge in [-0.3, -0.25) is 0 Å². The van der Waals surface area contributed by atoms with Crippen molar-refractivity contribution in [1.82, 2.24) is 5.32 Å². The van der Waals surface area contributed by atoms with Gasteiger partial charge >= 0.3 is 0 Å². The van der Waals surface area contributed by atoms with E-state index in [0.29, 0.717) is 12.0 Å². The summed E-state index contributed by atoms with van der Waals surface area (Å²) in [6, 6.07) is 0.586. The summed E-state index contributed by atoms with van der Waals surface area (Å²) in [5, 5.41) is 3.46. The van der Waals surface area contributed by atoms with Crippen LogP contribution >= 0.6 is 0 Å². The Kier molecular flexibility index (Phi) is 4.88. The lowest BCUT2D eigenvalue weighted by Crippen LogP contribution is -2.36. The molecule has 0 aromatic rings. The quantitative estimate of drug-likeness (QED) is 0.662. The van der Waals surface area contributed by atoms with E-state index in [2.05, 4.69) is 24.1 Å². The van der Waals surface area contributed by atoms with Crippen LogP contribution in [0.4, 0.5) is 0 Å². The summed E-state index contributed by atoms with van der Waals surface area (Å²) in [5.74, 6) is 6.63. The summed E-state index contributed by atoms with van der Waals surface area (Å²) < 4.78 is 5.37. The summed E-state index contributed by atoms with van der Waals surface area (Å²) in [4.78, 5) is 0. The molecule has 0 amide bonds. The second-order valence-electron chi connectivity index (χ2n) is 3.45. The zero-order chi connectivity index (χ0) is 9.52. The predicted octanol–water partition coefficient (Wildman–Crippen LogP) is 1.41. The molecule has 0 aromatic carbocycles. The molecule has 0 radical (unpaired) electrons. The monoisotopic (exact) mass is 181 g/mol. The van der Waals surface area contributed by atoms with Crippen LogP contribution in [0.15, 0.2) is 0 Å². The van der Waals surface area contributed by atoms with Crippen LogP contribution in [0.1, 0.15) is 26.7 Å². The fourth-order valence-electron chi connectivity index (χ4n) is 1.78. The van der Waals surface area contributed by atoms with Crippen molar-refractivity contribution >= 4 is 0 Å². The van der Waals surface area contributed by atoms with E-state index < -0.39 is 0 Å². The van der Waals surface area contributed by atoms with Crippen molar-refractivity contribution in [3.63, 3.8) is 0 Å². The first-order valence-electron chi connectivity index (χ1n) is 5.09. The van der Waals surface area contributed by atoms with Crippen LogP contribution < -0.4 is 5.32 Å². The molecule has 1 rings (SSSR count). The molecule has 2 heteroatoms. The molecule has 1 aliphatic rings. The third-order valence-corrected chi connectivity index (χ3v) is 2.60. The van der Waals surface area contributed by atoms with Crippen LogP contribution in [0.2, 0.25) is 0 Å². The van der Waals surface area contributed by atoms with E-state index in [9.17, 15) is 0 Å². The van der Waals surface area contributed by atoms with Crippen molar-refractivity contribution in [2.75, 3.05) is 19.8 Å². The van der Waals surface area contributed by atoms with Crippen molar-refractivity contribution in [3.05, 3.63) is 0 Å². The minimum atomic E-state index is 0.586. The van der Waals surface area contributed by atoms with Crippen molar-refractivity contribution < 1.29 is 4.74 Å². The van der Waals surface area contributed by atoms with Crippen LogP contribution in [0.5, 0.6) is 0 Å². The highest BCUT2D eigenvalue weighted by Crippen LogP contribution is 2.18. The topological polar surface area (TPSA) is 21.3 Å². The van der Waals surface area contributed by atoms with Crippen LogP contribution in [0.3, 0.4) is 0 Å². The molecule has 1 saturated heterocycles. The zero-order valence-electron chi connectivity index (χ0n) is 8.60. The fraction of sp³-hybridized carbons (Fsp3) is 0.818. The van der Waals surface area contributed by atoms with Gasteiger partial charge in [-0.05, 0) is 25.7 Å². The molecule has 2 nitrogen and oxygen atoms in total. The summed E-state index contributed by atoms with van der Waals surface area (Å²) in [5.41, 5.74) is 0. The molecule has 0 saturated carbocycles. The number of nitrogens with one attached hydrogen (secondary N) is 1. The van der Waals surface area contributed by atoms with Gasteiger partial charge in [0.05, 0.1) is 13.2 Å². The third kappa shape index (κ3) is 3.38. The molecule has 0 aromatic heterocycles. The Morgan fingerprint density at radius 1 is 1.62 bits per heavy atom. The van der Waals surface area contributed by atoms with Crippen LogP contribution in [0, 0.1) is 17.8 Å². The van der Waals surface area contributed by atoms with Crippen LogP contribution in [-0.2, 0) is 4.74 Å². The largest absolute Gasteiger partial charge is 0.381 e. The molecule has 1 N–H and O–H groups in total. The molecular formula is C11H19NO. The molecule has 1 fully saturated rings. The second kappa shape index (κ2) is 6.01. The molecule has 2 unspecified atom stereocenters. The first-order chi connectivity index (χ1) is 6.38. The molecule has 1 aliphatic heterocycles. The van der Waals surface area contributed by atoms with Gasteiger partial charge in [0.15, 0.2) is 0 Å². The maximum atomic E-state index is 5.37. The highest BCUT2D eigenvalue weighted by molar-refractivity contribution is 4.98. The van der Waals surface area contributed by atoms with Gasteiger partial charge in [-0.2, -0.15) is 0 Å². The Morgan fingerprint density at radius 3 is 3.00 bits per heavy atom. The Bertz CT molecular complexity index is 186. The van der Waals surface area contributed by atoms with Gasteiger partial charge in [-0.15, -0.1) is 5.92 Å². The number of rotatable bonds is 4.